The lowest BCUT2D eigenvalue weighted by molar-refractivity contribution is 0.112. The number of carbonyl (C=O) groups excluding carboxylic acids is 1. The van der Waals surface area contributed by atoms with Crippen LogP contribution in [0.25, 0.3) is 0 Å². The predicted octanol–water partition coefficient (Wildman–Crippen LogP) is 2.69. The summed E-state index contributed by atoms with van der Waals surface area (Å²) in [5.74, 6) is 0. The number of ether oxygens (including phenoxy) is 1. The van der Waals surface area contributed by atoms with E-state index in [1.807, 2.05) is 30.3 Å². The second kappa shape index (κ2) is 5.65. The molecule has 0 unspecified atom stereocenters. The number of hydrogen-bond donors (Lipinski definition) is 0. The summed E-state index contributed by atoms with van der Waals surface area (Å²) in [6, 6.07) is 9.51. The van der Waals surface area contributed by atoms with Gasteiger partial charge in [0.25, 0.3) is 0 Å². The van der Waals surface area contributed by atoms with Gasteiger partial charge in [0, 0.05) is 12.4 Å². The van der Waals surface area contributed by atoms with E-state index in [1.165, 1.54) is 6.21 Å². The van der Waals surface area contributed by atoms with E-state index >= 15 is 0 Å². The van der Waals surface area contributed by atoms with Gasteiger partial charge in [0.1, 0.15) is 6.61 Å². The van der Waals surface area contributed by atoms with Crippen molar-refractivity contribution in [2.24, 2.45) is 5.10 Å². The molecule has 4 heteroatoms. The second-order valence-electron chi connectivity index (χ2n) is 3.38. The van der Waals surface area contributed by atoms with Crippen LogP contribution in [0.4, 0.5) is 4.79 Å². The zero-order valence-corrected chi connectivity index (χ0v) is 9.19. The molecule has 1 aliphatic rings. The maximum atomic E-state index is 11.6. The van der Waals surface area contributed by atoms with E-state index in [-0.39, 0.29) is 6.61 Å². The summed E-state index contributed by atoms with van der Waals surface area (Å²) < 4.78 is 5.12. The van der Waals surface area contributed by atoms with E-state index in [2.05, 4.69) is 5.10 Å². The number of rotatable bonds is 2. The number of nitrogens with zero attached hydrogens (tertiary/aromatic N) is 2. The molecule has 1 amide bonds. The lowest BCUT2D eigenvalue weighted by Gasteiger charge is -2.11. The van der Waals surface area contributed by atoms with E-state index < -0.39 is 6.09 Å². The van der Waals surface area contributed by atoms with E-state index in [4.69, 9.17) is 4.74 Å². The van der Waals surface area contributed by atoms with Crippen LogP contribution in [0.2, 0.25) is 0 Å². The van der Waals surface area contributed by atoms with Crippen molar-refractivity contribution in [2.45, 2.75) is 6.61 Å². The zero-order chi connectivity index (χ0) is 11.9. The second-order valence-corrected chi connectivity index (χ2v) is 3.38. The molecular weight excluding hydrogens is 216 g/mol. The molecule has 17 heavy (non-hydrogen) atoms. The van der Waals surface area contributed by atoms with Gasteiger partial charge in [0.15, 0.2) is 0 Å². The van der Waals surface area contributed by atoms with Crippen molar-refractivity contribution in [3.63, 3.8) is 0 Å². The van der Waals surface area contributed by atoms with Gasteiger partial charge >= 0.3 is 6.09 Å². The van der Waals surface area contributed by atoms with Gasteiger partial charge in [-0.05, 0) is 17.7 Å². The van der Waals surface area contributed by atoms with Gasteiger partial charge < -0.3 is 4.74 Å². The SMILES string of the molecule is O=C(OCc1ccccc1)N1C=CC=CC=N1. The first kappa shape index (κ1) is 11.1. The van der Waals surface area contributed by atoms with Crippen LogP contribution in [0.5, 0.6) is 0 Å². The monoisotopic (exact) mass is 228 g/mol. The molecule has 0 radical (unpaired) electrons. The first-order chi connectivity index (χ1) is 8.36. The maximum absolute atomic E-state index is 11.6. The molecule has 1 aromatic carbocycles. The number of hydrogen-bond acceptors (Lipinski definition) is 3. The van der Waals surface area contributed by atoms with Crippen LogP contribution in [0, 0.1) is 0 Å². The Hall–Kier alpha value is -2.36. The van der Waals surface area contributed by atoms with Crippen molar-refractivity contribution in [3.8, 4) is 0 Å². The Morgan fingerprint density at radius 3 is 2.82 bits per heavy atom. The van der Waals surface area contributed by atoms with Gasteiger partial charge in [0.05, 0.1) is 0 Å². The summed E-state index contributed by atoms with van der Waals surface area (Å²) in [6.07, 6.45) is 7.83. The molecule has 0 fully saturated rings. The fraction of sp³-hybridized carbons (Fsp3) is 0.0769. The molecular formula is C13H12N2O2. The highest BCUT2D eigenvalue weighted by atomic mass is 16.6. The van der Waals surface area contributed by atoms with Gasteiger partial charge in [-0.25, -0.2) is 4.79 Å². The molecule has 0 spiro atoms. The Balaban J connectivity index is 1.89. The fourth-order valence-electron chi connectivity index (χ4n) is 1.29. The zero-order valence-electron chi connectivity index (χ0n) is 9.19. The third kappa shape index (κ3) is 3.31. The molecule has 2 rings (SSSR count). The lowest BCUT2D eigenvalue weighted by Crippen LogP contribution is -2.20. The topological polar surface area (TPSA) is 41.9 Å². The van der Waals surface area contributed by atoms with Gasteiger partial charge in [-0.15, -0.1) is 0 Å². The Labute approximate surface area is 99.5 Å². The van der Waals surface area contributed by atoms with Gasteiger partial charge in [-0.3, -0.25) is 0 Å². The third-order valence-electron chi connectivity index (χ3n) is 2.12. The summed E-state index contributed by atoms with van der Waals surface area (Å²) in [7, 11) is 0. The fourth-order valence-corrected chi connectivity index (χ4v) is 1.29. The minimum atomic E-state index is -0.495. The number of benzene rings is 1. The van der Waals surface area contributed by atoms with Crippen LogP contribution in [-0.4, -0.2) is 17.3 Å². The number of carbonyl (C=O) groups is 1. The molecule has 0 aliphatic carbocycles. The van der Waals surface area contributed by atoms with Crippen LogP contribution < -0.4 is 0 Å². The smallest absolute Gasteiger partial charge is 0.434 e. The number of hydrazone groups is 1. The predicted molar refractivity (Wildman–Crippen MR) is 65.2 cm³/mol. The highest BCUT2D eigenvalue weighted by Crippen LogP contribution is 2.05. The van der Waals surface area contributed by atoms with E-state index in [9.17, 15) is 4.79 Å². The quantitative estimate of drug-likeness (QED) is 0.781. The first-order valence-electron chi connectivity index (χ1n) is 5.23. The summed E-state index contributed by atoms with van der Waals surface area (Å²) in [5, 5.41) is 5.05. The molecule has 0 N–H and O–H groups in total. The summed E-state index contributed by atoms with van der Waals surface area (Å²) in [5.41, 5.74) is 0.946. The van der Waals surface area contributed by atoms with Crippen molar-refractivity contribution in [3.05, 3.63) is 60.3 Å². The molecule has 0 atom stereocenters. The van der Waals surface area contributed by atoms with Gasteiger partial charge in [0.2, 0.25) is 0 Å². The molecule has 0 saturated carbocycles. The first-order valence-corrected chi connectivity index (χ1v) is 5.23. The van der Waals surface area contributed by atoms with Crippen molar-refractivity contribution in [1.29, 1.82) is 0 Å². The van der Waals surface area contributed by atoms with Crippen LogP contribution in [0.1, 0.15) is 5.56 Å². The molecule has 1 aromatic rings. The largest absolute Gasteiger partial charge is 0.443 e. The highest BCUT2D eigenvalue weighted by Gasteiger charge is 2.10. The van der Waals surface area contributed by atoms with Gasteiger partial charge in [-0.2, -0.15) is 10.1 Å². The number of amides is 1. The van der Waals surface area contributed by atoms with E-state index in [0.29, 0.717) is 0 Å². The Bertz CT molecular complexity index is 448. The standard InChI is InChI=1S/C13H12N2O2/c16-13(15-10-6-2-5-9-14-15)17-11-12-7-3-1-4-8-12/h1-10H,11H2. The normalized spacial score (nSPS) is 13.5. The Kier molecular flexibility index (Phi) is 3.70. The Morgan fingerprint density at radius 2 is 2.00 bits per heavy atom. The highest BCUT2D eigenvalue weighted by molar-refractivity contribution is 5.76. The average molecular weight is 228 g/mol. The van der Waals surface area contributed by atoms with Crippen molar-refractivity contribution in [2.75, 3.05) is 0 Å². The molecule has 0 saturated heterocycles. The molecule has 1 aliphatic heterocycles. The van der Waals surface area contributed by atoms with Crippen LogP contribution in [-0.2, 0) is 11.3 Å². The maximum Gasteiger partial charge on any atom is 0.434 e. The van der Waals surface area contributed by atoms with Crippen LogP contribution >= 0.6 is 0 Å². The molecule has 86 valence electrons. The van der Waals surface area contributed by atoms with Crippen LogP contribution in [0.15, 0.2) is 59.9 Å². The number of allylic oxidation sites excluding steroid dienone is 3. The average Bonchev–Trinajstić information content (AvgIpc) is 2.66. The summed E-state index contributed by atoms with van der Waals surface area (Å²) in [4.78, 5) is 11.6. The summed E-state index contributed by atoms with van der Waals surface area (Å²) >= 11 is 0. The van der Waals surface area contributed by atoms with E-state index in [1.54, 1.807) is 24.4 Å². The van der Waals surface area contributed by atoms with Crippen molar-refractivity contribution < 1.29 is 9.53 Å². The third-order valence-corrected chi connectivity index (χ3v) is 2.12. The minimum absolute atomic E-state index is 0.243. The molecule has 0 bridgehead atoms. The van der Waals surface area contributed by atoms with E-state index in [0.717, 1.165) is 10.6 Å². The summed E-state index contributed by atoms with van der Waals surface area (Å²) in [6.45, 7) is 0.243. The lowest BCUT2D eigenvalue weighted by atomic mass is 10.2. The molecule has 0 aromatic heterocycles. The molecule has 4 nitrogen and oxygen atoms in total. The molecule has 1 heterocycles. The van der Waals surface area contributed by atoms with Gasteiger partial charge in [-0.1, -0.05) is 36.4 Å². The minimum Gasteiger partial charge on any atom is -0.443 e. The van der Waals surface area contributed by atoms with Crippen molar-refractivity contribution in [1.82, 2.24) is 5.01 Å². The van der Waals surface area contributed by atoms with Crippen LogP contribution in [0.3, 0.4) is 0 Å². The van der Waals surface area contributed by atoms with Crippen molar-refractivity contribution >= 4 is 12.3 Å². The Morgan fingerprint density at radius 1 is 1.18 bits per heavy atom.